The van der Waals surface area contributed by atoms with Crippen molar-refractivity contribution in [3.63, 3.8) is 0 Å². The summed E-state index contributed by atoms with van der Waals surface area (Å²) < 4.78 is 0. The lowest BCUT2D eigenvalue weighted by Gasteiger charge is -2.16. The average molecular weight is 254 g/mol. The van der Waals surface area contributed by atoms with Gasteiger partial charge in [0.05, 0.1) is 0 Å². The van der Waals surface area contributed by atoms with Crippen LogP contribution in [0.2, 0.25) is 0 Å². The van der Waals surface area contributed by atoms with Crippen molar-refractivity contribution in [3.8, 4) is 0 Å². The second-order valence-electron chi connectivity index (χ2n) is 4.79. The van der Waals surface area contributed by atoms with Crippen LogP contribution in [0.5, 0.6) is 0 Å². The van der Waals surface area contributed by atoms with Crippen LogP contribution in [0.4, 0.5) is 0 Å². The molecule has 0 aliphatic rings. The lowest BCUT2D eigenvalue weighted by atomic mass is 10.00. The van der Waals surface area contributed by atoms with E-state index >= 15 is 0 Å². The summed E-state index contributed by atoms with van der Waals surface area (Å²) in [6.07, 6.45) is 5.79. The van der Waals surface area contributed by atoms with E-state index in [-0.39, 0.29) is 0 Å². The van der Waals surface area contributed by atoms with Crippen LogP contribution in [0.1, 0.15) is 43.0 Å². The van der Waals surface area contributed by atoms with Gasteiger partial charge in [0.1, 0.15) is 0 Å². The molecule has 2 rings (SSSR count). The van der Waals surface area contributed by atoms with Crippen LogP contribution in [0.3, 0.4) is 0 Å². The fourth-order valence-electron chi connectivity index (χ4n) is 2.35. The first kappa shape index (κ1) is 13.8. The Hall–Kier alpha value is -1.67. The predicted octanol–water partition coefficient (Wildman–Crippen LogP) is 3.73. The zero-order chi connectivity index (χ0) is 13.5. The van der Waals surface area contributed by atoms with Crippen molar-refractivity contribution in [1.29, 1.82) is 0 Å². The summed E-state index contributed by atoms with van der Waals surface area (Å²) in [5.74, 6) is 0. The first-order valence-electron chi connectivity index (χ1n) is 7.04. The van der Waals surface area contributed by atoms with Gasteiger partial charge in [-0.2, -0.15) is 0 Å². The van der Waals surface area contributed by atoms with E-state index in [9.17, 15) is 0 Å². The number of nitrogens with one attached hydrogen (secondary N) is 1. The maximum atomic E-state index is 4.05. The molecular weight excluding hydrogens is 232 g/mol. The average Bonchev–Trinajstić information content (AvgIpc) is 2.47. The number of nitrogens with zero attached hydrogens (tertiary/aromatic N) is 1. The number of rotatable bonds is 6. The van der Waals surface area contributed by atoms with Crippen molar-refractivity contribution in [1.82, 2.24) is 10.3 Å². The Balaban J connectivity index is 2.06. The Kier molecular flexibility index (Phi) is 5.10. The maximum Gasteiger partial charge on any atom is 0.0317 e. The zero-order valence-electron chi connectivity index (χ0n) is 11.8. The van der Waals surface area contributed by atoms with Crippen molar-refractivity contribution < 1.29 is 0 Å². The molecule has 0 spiro atoms. The van der Waals surface area contributed by atoms with Gasteiger partial charge in [0.2, 0.25) is 0 Å². The summed E-state index contributed by atoms with van der Waals surface area (Å²) >= 11 is 0. The molecule has 100 valence electrons. The molecule has 1 N–H and O–H groups in total. The lowest BCUT2D eigenvalue weighted by molar-refractivity contribution is 0.537. The topological polar surface area (TPSA) is 24.9 Å². The van der Waals surface area contributed by atoms with Crippen molar-refractivity contribution in [3.05, 3.63) is 65.5 Å². The highest BCUT2D eigenvalue weighted by Crippen LogP contribution is 2.18. The Morgan fingerprint density at radius 2 is 1.58 bits per heavy atom. The maximum absolute atomic E-state index is 4.05. The van der Waals surface area contributed by atoms with Crippen LogP contribution in [0, 0.1) is 0 Å². The molecule has 1 unspecified atom stereocenters. The molecule has 1 heterocycles. The Bertz CT molecular complexity index is 476. The monoisotopic (exact) mass is 254 g/mol. The van der Waals surface area contributed by atoms with Gasteiger partial charge in [0, 0.05) is 18.4 Å². The van der Waals surface area contributed by atoms with Gasteiger partial charge in [0.15, 0.2) is 0 Å². The minimum atomic E-state index is 0.472. The molecular formula is C17H22N2. The van der Waals surface area contributed by atoms with Gasteiger partial charge < -0.3 is 5.32 Å². The number of hydrogen-bond acceptors (Lipinski definition) is 2. The SMILES string of the molecule is CCNC(CC)c1ccc(Cc2ccncc2)cc1. The first-order chi connectivity index (χ1) is 9.33. The van der Waals surface area contributed by atoms with Gasteiger partial charge in [-0.15, -0.1) is 0 Å². The van der Waals surface area contributed by atoms with Crippen LogP contribution >= 0.6 is 0 Å². The summed E-state index contributed by atoms with van der Waals surface area (Å²) in [6, 6.07) is 13.6. The molecule has 0 fully saturated rings. The van der Waals surface area contributed by atoms with E-state index in [2.05, 4.69) is 60.5 Å². The molecule has 0 radical (unpaired) electrons. The van der Waals surface area contributed by atoms with E-state index in [4.69, 9.17) is 0 Å². The van der Waals surface area contributed by atoms with Crippen LogP contribution in [0.25, 0.3) is 0 Å². The third-order valence-electron chi connectivity index (χ3n) is 3.40. The van der Waals surface area contributed by atoms with Crippen molar-refractivity contribution in [2.24, 2.45) is 0 Å². The van der Waals surface area contributed by atoms with E-state index in [0.717, 1.165) is 19.4 Å². The van der Waals surface area contributed by atoms with Crippen LogP contribution < -0.4 is 5.32 Å². The Morgan fingerprint density at radius 3 is 2.16 bits per heavy atom. The highest BCUT2D eigenvalue weighted by Gasteiger charge is 2.07. The van der Waals surface area contributed by atoms with Crippen molar-refractivity contribution in [2.75, 3.05) is 6.54 Å². The summed E-state index contributed by atoms with van der Waals surface area (Å²) in [4.78, 5) is 4.05. The quantitative estimate of drug-likeness (QED) is 0.849. The van der Waals surface area contributed by atoms with Gasteiger partial charge in [-0.25, -0.2) is 0 Å². The molecule has 1 aromatic carbocycles. The first-order valence-corrected chi connectivity index (χ1v) is 7.04. The van der Waals surface area contributed by atoms with Crippen LogP contribution in [-0.2, 0) is 6.42 Å². The molecule has 1 aromatic heterocycles. The Labute approximate surface area is 115 Å². The summed E-state index contributed by atoms with van der Waals surface area (Å²) in [7, 11) is 0. The van der Waals surface area contributed by atoms with Gasteiger partial charge in [-0.3, -0.25) is 4.98 Å². The minimum absolute atomic E-state index is 0.472. The van der Waals surface area contributed by atoms with Gasteiger partial charge in [0.25, 0.3) is 0 Å². The number of pyridine rings is 1. The van der Waals surface area contributed by atoms with E-state index in [1.54, 1.807) is 0 Å². The normalized spacial score (nSPS) is 12.3. The molecule has 2 aromatic rings. The number of aromatic nitrogens is 1. The molecule has 19 heavy (non-hydrogen) atoms. The predicted molar refractivity (Wildman–Crippen MR) is 80.2 cm³/mol. The summed E-state index contributed by atoms with van der Waals surface area (Å²) in [5, 5.41) is 3.51. The van der Waals surface area contributed by atoms with E-state index in [1.165, 1.54) is 16.7 Å². The summed E-state index contributed by atoms with van der Waals surface area (Å²) in [6.45, 7) is 5.38. The third-order valence-corrected chi connectivity index (χ3v) is 3.40. The number of benzene rings is 1. The fourth-order valence-corrected chi connectivity index (χ4v) is 2.35. The van der Waals surface area contributed by atoms with Crippen molar-refractivity contribution in [2.45, 2.75) is 32.7 Å². The second-order valence-corrected chi connectivity index (χ2v) is 4.79. The summed E-state index contributed by atoms with van der Waals surface area (Å²) in [5.41, 5.74) is 4.03. The minimum Gasteiger partial charge on any atom is -0.310 e. The number of hydrogen-bond donors (Lipinski definition) is 1. The second kappa shape index (κ2) is 7.05. The molecule has 0 amide bonds. The van der Waals surface area contributed by atoms with Gasteiger partial charge >= 0.3 is 0 Å². The molecule has 0 aliphatic heterocycles. The molecule has 2 heteroatoms. The zero-order valence-corrected chi connectivity index (χ0v) is 11.8. The molecule has 0 saturated heterocycles. The lowest BCUT2D eigenvalue weighted by Crippen LogP contribution is -2.19. The van der Waals surface area contributed by atoms with Crippen LogP contribution in [-0.4, -0.2) is 11.5 Å². The molecule has 0 bridgehead atoms. The molecule has 1 atom stereocenters. The highest BCUT2D eigenvalue weighted by atomic mass is 14.9. The smallest absolute Gasteiger partial charge is 0.0317 e. The molecule has 0 saturated carbocycles. The largest absolute Gasteiger partial charge is 0.310 e. The van der Waals surface area contributed by atoms with Crippen molar-refractivity contribution >= 4 is 0 Å². The standard InChI is InChI=1S/C17H22N2/c1-3-17(19-4-2)16-7-5-14(6-8-16)13-15-9-11-18-12-10-15/h5-12,17,19H,3-4,13H2,1-2H3. The van der Waals surface area contributed by atoms with E-state index in [0.29, 0.717) is 6.04 Å². The highest BCUT2D eigenvalue weighted by molar-refractivity contribution is 5.29. The molecule has 2 nitrogen and oxygen atoms in total. The van der Waals surface area contributed by atoms with Crippen LogP contribution in [0.15, 0.2) is 48.8 Å². The Morgan fingerprint density at radius 1 is 0.947 bits per heavy atom. The molecule has 0 aliphatic carbocycles. The van der Waals surface area contributed by atoms with Gasteiger partial charge in [-0.05, 0) is 48.2 Å². The third kappa shape index (κ3) is 3.90. The van der Waals surface area contributed by atoms with E-state index < -0.39 is 0 Å². The van der Waals surface area contributed by atoms with E-state index in [1.807, 2.05) is 12.4 Å². The van der Waals surface area contributed by atoms with Gasteiger partial charge in [-0.1, -0.05) is 38.1 Å². The fraction of sp³-hybridized carbons (Fsp3) is 0.353.